The highest BCUT2D eigenvalue weighted by molar-refractivity contribution is 7.86. The lowest BCUT2D eigenvalue weighted by Gasteiger charge is -2.10. The number of phenolic OH excluding ortho intramolecular Hbond substituents is 1. The zero-order valence-electron chi connectivity index (χ0n) is 9.68. The van der Waals surface area contributed by atoms with E-state index in [-0.39, 0.29) is 16.5 Å². The van der Waals surface area contributed by atoms with Gasteiger partial charge in [0.25, 0.3) is 20.2 Å². The van der Waals surface area contributed by atoms with Crippen LogP contribution in [0, 0.1) is 0 Å². The Balaban J connectivity index is 3.10. The molecule has 0 fully saturated rings. The minimum absolute atomic E-state index is 0.0283. The Labute approximate surface area is 114 Å². The summed E-state index contributed by atoms with van der Waals surface area (Å²) in [6, 6.07) is 3.94. The van der Waals surface area contributed by atoms with Crippen LogP contribution in [0.1, 0.15) is 0 Å². The minimum Gasteiger partial charge on any atom is -0.505 e. The molecule has 0 aromatic heterocycles. The summed E-state index contributed by atoms with van der Waals surface area (Å²) in [5.74, 6) is -0.614. The average molecular weight is 319 g/mol. The molecule has 0 saturated carbocycles. The second-order valence-electron chi connectivity index (χ2n) is 3.97. The van der Waals surface area contributed by atoms with Crippen molar-refractivity contribution in [1.82, 2.24) is 0 Å². The number of aromatic hydroxyl groups is 1. The highest BCUT2D eigenvalue weighted by Gasteiger charge is 2.23. The van der Waals surface area contributed by atoms with E-state index >= 15 is 0 Å². The summed E-state index contributed by atoms with van der Waals surface area (Å²) in [5, 5.41) is 9.42. The molecule has 5 N–H and O–H groups in total. The lowest BCUT2D eigenvalue weighted by Crippen LogP contribution is -2.05. The van der Waals surface area contributed by atoms with E-state index < -0.39 is 35.8 Å². The maximum atomic E-state index is 11.3. The van der Waals surface area contributed by atoms with Crippen LogP contribution >= 0.6 is 0 Å². The van der Waals surface area contributed by atoms with Gasteiger partial charge in [0.1, 0.15) is 10.6 Å². The van der Waals surface area contributed by atoms with E-state index in [1.54, 1.807) is 0 Å². The van der Waals surface area contributed by atoms with E-state index in [1.165, 1.54) is 12.1 Å². The molecule has 0 spiro atoms. The fourth-order valence-electron chi connectivity index (χ4n) is 1.75. The first-order chi connectivity index (χ1) is 9.01. The Hall–Kier alpha value is -1.88. The number of nitrogens with two attached hydrogens (primary N) is 1. The molecule has 0 heterocycles. The van der Waals surface area contributed by atoms with Crippen molar-refractivity contribution < 1.29 is 31.0 Å². The lowest BCUT2D eigenvalue weighted by atomic mass is 10.1. The van der Waals surface area contributed by atoms with Gasteiger partial charge < -0.3 is 10.8 Å². The molecule has 20 heavy (non-hydrogen) atoms. The predicted octanol–water partition coefficient (Wildman–Crippen LogP) is 0.621. The molecular formula is C10H9NO7S2. The second-order valence-corrected chi connectivity index (χ2v) is 6.78. The van der Waals surface area contributed by atoms with Gasteiger partial charge in [-0.05, 0) is 23.6 Å². The number of phenols is 1. The highest BCUT2D eigenvalue weighted by atomic mass is 32.2. The molecule has 108 valence electrons. The van der Waals surface area contributed by atoms with Gasteiger partial charge in [0.15, 0.2) is 0 Å². The largest absolute Gasteiger partial charge is 0.505 e. The summed E-state index contributed by atoms with van der Waals surface area (Å²) in [7, 11) is -9.53. The molecule has 2 rings (SSSR count). The van der Waals surface area contributed by atoms with Gasteiger partial charge in [-0.3, -0.25) is 9.11 Å². The van der Waals surface area contributed by atoms with E-state index in [2.05, 4.69) is 0 Å². The van der Waals surface area contributed by atoms with Gasteiger partial charge in [-0.15, -0.1) is 0 Å². The van der Waals surface area contributed by atoms with Crippen LogP contribution in [0.15, 0.2) is 34.1 Å². The van der Waals surface area contributed by atoms with Crippen molar-refractivity contribution in [3.05, 3.63) is 24.3 Å². The van der Waals surface area contributed by atoms with Crippen LogP contribution in [-0.2, 0) is 20.2 Å². The molecule has 0 radical (unpaired) electrons. The first-order valence-electron chi connectivity index (χ1n) is 5.02. The van der Waals surface area contributed by atoms with Crippen LogP contribution in [0.25, 0.3) is 10.8 Å². The maximum absolute atomic E-state index is 11.3. The second kappa shape index (κ2) is 4.31. The SMILES string of the molecule is Nc1ccc2cc(S(=O)(=O)O)cc(S(=O)(=O)O)c2c1O. The maximum Gasteiger partial charge on any atom is 0.295 e. The first-order valence-corrected chi connectivity index (χ1v) is 7.90. The Kier molecular flexibility index (Phi) is 3.13. The van der Waals surface area contributed by atoms with Crippen molar-refractivity contribution >= 4 is 36.7 Å². The number of benzene rings is 2. The van der Waals surface area contributed by atoms with Crippen molar-refractivity contribution in [3.63, 3.8) is 0 Å². The predicted molar refractivity (Wildman–Crippen MR) is 69.7 cm³/mol. The number of hydrogen-bond acceptors (Lipinski definition) is 6. The number of rotatable bonds is 2. The van der Waals surface area contributed by atoms with Gasteiger partial charge in [-0.2, -0.15) is 16.8 Å². The Morgan fingerprint density at radius 2 is 1.55 bits per heavy atom. The van der Waals surface area contributed by atoms with E-state index in [0.29, 0.717) is 6.07 Å². The highest BCUT2D eigenvalue weighted by Crippen LogP contribution is 2.37. The third kappa shape index (κ3) is 2.41. The molecule has 0 aliphatic carbocycles. The van der Waals surface area contributed by atoms with Crippen LogP contribution < -0.4 is 5.73 Å². The fourth-order valence-corrected chi connectivity index (χ4v) is 3.12. The standard InChI is InChI=1S/C10H9NO7S2/c11-7-2-1-5-3-6(19(13,14)15)4-8(20(16,17)18)9(5)10(7)12/h1-4,12H,11H2,(H,13,14,15)(H,16,17,18). The van der Waals surface area contributed by atoms with Gasteiger partial charge in [-0.25, -0.2) is 0 Å². The molecule has 0 aliphatic rings. The normalized spacial score (nSPS) is 12.7. The van der Waals surface area contributed by atoms with Gasteiger partial charge in [-0.1, -0.05) is 6.07 Å². The lowest BCUT2D eigenvalue weighted by molar-refractivity contribution is 0.474. The average Bonchev–Trinajstić information content (AvgIpc) is 2.30. The monoisotopic (exact) mass is 319 g/mol. The quantitative estimate of drug-likeness (QED) is 0.356. The smallest absolute Gasteiger partial charge is 0.295 e. The van der Waals surface area contributed by atoms with Crippen LogP contribution in [0.5, 0.6) is 5.75 Å². The molecular weight excluding hydrogens is 310 g/mol. The molecule has 8 nitrogen and oxygen atoms in total. The summed E-state index contributed by atoms with van der Waals surface area (Å²) in [6.45, 7) is 0. The topological polar surface area (TPSA) is 155 Å². The van der Waals surface area contributed by atoms with Crippen molar-refractivity contribution in [2.75, 3.05) is 5.73 Å². The summed E-state index contributed by atoms with van der Waals surface area (Å²) < 4.78 is 62.9. The van der Waals surface area contributed by atoms with Crippen LogP contribution in [0.4, 0.5) is 5.69 Å². The molecule has 0 aliphatic heterocycles. The van der Waals surface area contributed by atoms with Crippen molar-refractivity contribution in [3.8, 4) is 5.75 Å². The van der Waals surface area contributed by atoms with Crippen molar-refractivity contribution in [2.45, 2.75) is 9.79 Å². The van der Waals surface area contributed by atoms with Crippen molar-refractivity contribution in [1.29, 1.82) is 0 Å². The van der Waals surface area contributed by atoms with Crippen LogP contribution in [0.3, 0.4) is 0 Å². The van der Waals surface area contributed by atoms with Gasteiger partial charge in [0.2, 0.25) is 0 Å². The Bertz CT molecular complexity index is 916. The summed E-state index contributed by atoms with van der Waals surface area (Å²) in [4.78, 5) is -1.60. The number of nitrogen functional groups attached to an aromatic ring is 1. The molecule has 2 aromatic carbocycles. The van der Waals surface area contributed by atoms with Crippen molar-refractivity contribution in [2.24, 2.45) is 0 Å². The molecule has 0 atom stereocenters. The summed E-state index contributed by atoms with van der Waals surface area (Å²) in [5.41, 5.74) is 5.28. The number of fused-ring (bicyclic) bond motifs is 1. The molecule has 0 bridgehead atoms. The third-order valence-electron chi connectivity index (χ3n) is 2.63. The summed E-state index contributed by atoms with van der Waals surface area (Å²) >= 11 is 0. The van der Waals surface area contributed by atoms with E-state index in [9.17, 15) is 21.9 Å². The molecule has 0 amide bonds. The van der Waals surface area contributed by atoms with Crippen LogP contribution in [0.2, 0.25) is 0 Å². The zero-order chi connectivity index (χ0) is 15.3. The fraction of sp³-hybridized carbons (Fsp3) is 0. The van der Waals surface area contributed by atoms with Gasteiger partial charge >= 0.3 is 0 Å². The van der Waals surface area contributed by atoms with E-state index in [1.807, 2.05) is 0 Å². The number of hydrogen-bond donors (Lipinski definition) is 4. The summed E-state index contributed by atoms with van der Waals surface area (Å²) in [6.07, 6.45) is 0. The number of anilines is 1. The van der Waals surface area contributed by atoms with Gasteiger partial charge in [0.05, 0.1) is 10.6 Å². The van der Waals surface area contributed by atoms with Gasteiger partial charge in [0, 0.05) is 5.39 Å². The Morgan fingerprint density at radius 1 is 0.950 bits per heavy atom. The molecule has 0 unspecified atom stereocenters. The molecule has 0 saturated heterocycles. The van der Waals surface area contributed by atoms with E-state index in [4.69, 9.17) is 14.8 Å². The molecule has 10 heteroatoms. The zero-order valence-corrected chi connectivity index (χ0v) is 11.3. The molecule has 2 aromatic rings. The third-order valence-corrected chi connectivity index (χ3v) is 4.34. The van der Waals surface area contributed by atoms with E-state index in [0.717, 1.165) is 6.07 Å². The van der Waals surface area contributed by atoms with Crippen LogP contribution in [-0.4, -0.2) is 31.0 Å². The Morgan fingerprint density at radius 3 is 2.05 bits per heavy atom. The minimum atomic E-state index is -4.84. The first kappa shape index (κ1) is 14.5.